The summed E-state index contributed by atoms with van der Waals surface area (Å²) in [5.74, 6) is 0. The van der Waals surface area contributed by atoms with E-state index in [1.165, 1.54) is 0 Å². The van der Waals surface area contributed by atoms with E-state index in [9.17, 15) is 0 Å². The molecule has 45 valence electrons. The van der Waals surface area contributed by atoms with Crippen molar-refractivity contribution >= 4 is 8.80 Å². The van der Waals surface area contributed by atoms with Gasteiger partial charge < -0.3 is 12.8 Å². The van der Waals surface area contributed by atoms with Gasteiger partial charge in [-0.3, -0.25) is 0 Å². The number of hydrogen-bond donors (Lipinski definition) is 0. The summed E-state index contributed by atoms with van der Waals surface area (Å²) in [5, 5.41) is 0. The van der Waals surface area contributed by atoms with Crippen LogP contribution in [0.25, 0.3) is 0 Å². The van der Waals surface area contributed by atoms with Gasteiger partial charge in [-0.2, -0.15) is 0 Å². The Morgan fingerprint density at radius 1 is 1.14 bits per heavy atom. The zero-order valence-electron chi connectivity index (χ0n) is 4.88. The fourth-order valence-corrected chi connectivity index (χ4v) is 0. The molecule has 2 heteroatoms. The molecule has 1 radical (unpaired) electrons. The van der Waals surface area contributed by atoms with Crippen molar-refractivity contribution in [1.29, 1.82) is 0 Å². The van der Waals surface area contributed by atoms with Crippen molar-refractivity contribution in [2.45, 2.75) is 19.6 Å². The van der Waals surface area contributed by atoms with Crippen LogP contribution in [0.1, 0.15) is 0 Å². The van der Waals surface area contributed by atoms with Crippen molar-refractivity contribution in [2.75, 3.05) is 0 Å². The normalized spacial score (nSPS) is 5.43. The van der Waals surface area contributed by atoms with Crippen molar-refractivity contribution < 1.29 is 17.1 Å². The molecular weight excluding hydrogens is 152 g/mol. The molecule has 0 rings (SSSR count). The summed E-state index contributed by atoms with van der Waals surface area (Å²) in [4.78, 5) is 0. The molecular formula is C5H10CuSi. The van der Waals surface area contributed by atoms with Crippen LogP contribution in [-0.4, -0.2) is 8.80 Å². The molecule has 0 saturated heterocycles. The van der Waals surface area contributed by atoms with E-state index in [0.29, 0.717) is 0 Å². The molecule has 0 saturated carbocycles. The molecule has 0 bridgehead atoms. The Hall–Kier alpha value is 0.296. The van der Waals surface area contributed by atoms with Gasteiger partial charge in [0.05, 0.1) is 0 Å². The average Bonchev–Trinajstić information content (AvgIpc) is 1.41. The maximum absolute atomic E-state index is 5.25. The van der Waals surface area contributed by atoms with E-state index in [1.807, 2.05) is 0 Å². The summed E-state index contributed by atoms with van der Waals surface area (Å²) in [6, 6.07) is 0. The second-order valence-electron chi connectivity index (χ2n) is 1.50. The molecule has 0 nitrogen and oxygen atoms in total. The van der Waals surface area contributed by atoms with Gasteiger partial charge in [-0.05, 0) is 0 Å². The van der Waals surface area contributed by atoms with Crippen LogP contribution in [0.2, 0.25) is 19.6 Å². The van der Waals surface area contributed by atoms with Crippen LogP contribution in [0.15, 0.2) is 0 Å². The van der Waals surface area contributed by atoms with E-state index in [1.54, 1.807) is 0 Å². The van der Waals surface area contributed by atoms with Gasteiger partial charge in [0.25, 0.3) is 0 Å². The number of rotatable bonds is 0. The molecule has 0 aromatic carbocycles. The zero-order valence-corrected chi connectivity index (χ0v) is 6.82. The second-order valence-corrected chi connectivity index (χ2v) is 4.50. The standard InChI is InChI=1S/C3H9Si.C2H.Cu/c1-4(2)3;1-2;/h1-3H3;1H;/q;-1;+1. The third-order valence-corrected chi connectivity index (χ3v) is 0. The van der Waals surface area contributed by atoms with Gasteiger partial charge in [-0.15, -0.1) is 0 Å². The Kier molecular flexibility index (Phi) is 36.4. The molecule has 0 aliphatic heterocycles. The molecule has 0 spiro atoms. The first-order chi connectivity index (χ1) is 2.73. The Morgan fingerprint density at radius 2 is 1.14 bits per heavy atom. The fraction of sp³-hybridized carbons (Fsp3) is 0.600. The van der Waals surface area contributed by atoms with E-state index in [-0.39, 0.29) is 25.9 Å². The van der Waals surface area contributed by atoms with Gasteiger partial charge in [0, 0.05) is 8.80 Å². The van der Waals surface area contributed by atoms with Gasteiger partial charge in [0.1, 0.15) is 0 Å². The Morgan fingerprint density at radius 3 is 1.14 bits per heavy atom. The van der Waals surface area contributed by atoms with Crippen LogP contribution < -0.4 is 0 Å². The minimum absolute atomic E-state index is 0. The molecule has 0 aliphatic carbocycles. The van der Waals surface area contributed by atoms with Crippen molar-refractivity contribution in [1.82, 2.24) is 0 Å². The maximum atomic E-state index is 5.25. The quantitative estimate of drug-likeness (QED) is 0.288. The maximum Gasteiger partial charge on any atom is 1.00 e. The van der Waals surface area contributed by atoms with Gasteiger partial charge in [0.2, 0.25) is 0 Å². The van der Waals surface area contributed by atoms with Crippen LogP contribution in [0.4, 0.5) is 0 Å². The van der Waals surface area contributed by atoms with Crippen LogP contribution in [-0.2, 0) is 17.1 Å². The summed E-state index contributed by atoms with van der Waals surface area (Å²) in [5.41, 5.74) is 0. The summed E-state index contributed by atoms with van der Waals surface area (Å²) in [6.45, 7) is 6.81. The molecule has 0 aromatic rings. The van der Waals surface area contributed by atoms with Crippen molar-refractivity contribution in [3.8, 4) is 6.42 Å². The predicted octanol–water partition coefficient (Wildman–Crippen LogP) is 1.57. The Bertz CT molecular complexity index is 29.6. The zero-order chi connectivity index (χ0) is 5.58. The Labute approximate surface area is 58.8 Å². The number of hydrogen-bond acceptors (Lipinski definition) is 0. The van der Waals surface area contributed by atoms with Crippen molar-refractivity contribution in [2.24, 2.45) is 0 Å². The largest absolute Gasteiger partial charge is 1.00 e. The molecule has 0 aliphatic rings. The molecule has 0 fully saturated rings. The second kappa shape index (κ2) is 16.3. The van der Waals surface area contributed by atoms with Gasteiger partial charge >= 0.3 is 17.1 Å². The molecule has 0 amide bonds. The van der Waals surface area contributed by atoms with Gasteiger partial charge in [0.15, 0.2) is 0 Å². The summed E-state index contributed by atoms with van der Waals surface area (Å²) in [7, 11) is 0.120. The minimum atomic E-state index is 0. The van der Waals surface area contributed by atoms with Crippen LogP contribution >= 0.6 is 0 Å². The first kappa shape index (κ1) is 15.7. The van der Waals surface area contributed by atoms with Gasteiger partial charge in [-0.25, -0.2) is 0 Å². The SMILES string of the molecule is C[Si](C)C.[C-]#C.[Cu+]. The molecule has 0 atom stereocenters. The van der Waals surface area contributed by atoms with Crippen LogP contribution in [0.5, 0.6) is 0 Å². The fourth-order valence-electron chi connectivity index (χ4n) is 0. The topological polar surface area (TPSA) is 0 Å². The summed E-state index contributed by atoms with van der Waals surface area (Å²) < 4.78 is 0. The smallest absolute Gasteiger partial charge is 0.697 e. The first-order valence-electron chi connectivity index (χ1n) is 1.79. The third kappa shape index (κ3) is 1320. The minimum Gasteiger partial charge on any atom is -0.697 e. The molecule has 0 unspecified atom stereocenters. The van der Waals surface area contributed by atoms with Crippen molar-refractivity contribution in [3.63, 3.8) is 0 Å². The van der Waals surface area contributed by atoms with Gasteiger partial charge in [-0.1, -0.05) is 19.6 Å². The summed E-state index contributed by atoms with van der Waals surface area (Å²) >= 11 is 0. The summed E-state index contributed by atoms with van der Waals surface area (Å²) in [6.07, 6.45) is 9.00. The third-order valence-electron chi connectivity index (χ3n) is 0. The molecule has 7 heavy (non-hydrogen) atoms. The number of terminal acetylenes is 1. The molecule has 0 N–H and O–H groups in total. The monoisotopic (exact) mass is 161 g/mol. The Balaban J connectivity index is -0.0000000480. The predicted molar refractivity (Wildman–Crippen MR) is 31.5 cm³/mol. The van der Waals surface area contributed by atoms with Crippen LogP contribution in [0.3, 0.4) is 0 Å². The average molecular weight is 162 g/mol. The van der Waals surface area contributed by atoms with E-state index in [0.717, 1.165) is 0 Å². The molecule has 0 aromatic heterocycles. The van der Waals surface area contributed by atoms with Crippen LogP contribution in [0, 0.1) is 12.8 Å². The van der Waals surface area contributed by atoms with E-state index in [4.69, 9.17) is 6.42 Å². The first-order valence-corrected chi connectivity index (χ1v) is 4.79. The van der Waals surface area contributed by atoms with E-state index in [2.05, 4.69) is 26.1 Å². The van der Waals surface area contributed by atoms with Crippen molar-refractivity contribution in [3.05, 3.63) is 6.42 Å². The van der Waals surface area contributed by atoms with E-state index < -0.39 is 0 Å². The molecule has 0 heterocycles. The van der Waals surface area contributed by atoms with E-state index >= 15 is 0 Å².